The van der Waals surface area contributed by atoms with Gasteiger partial charge in [-0.2, -0.15) is 5.10 Å². The number of fused-ring (bicyclic) bond motifs is 1. The maximum atomic E-state index is 13.0. The zero-order valence-corrected chi connectivity index (χ0v) is 22.1. The molecule has 1 aliphatic rings. The van der Waals surface area contributed by atoms with Crippen LogP contribution < -0.4 is 15.5 Å². The molecule has 2 amide bonds. The summed E-state index contributed by atoms with van der Waals surface area (Å²) in [5.41, 5.74) is 1.85. The van der Waals surface area contributed by atoms with E-state index in [9.17, 15) is 14.0 Å². The third-order valence-electron chi connectivity index (χ3n) is 5.79. The maximum Gasteiger partial charge on any atom is 0.410 e. The minimum atomic E-state index is -1.33. The van der Waals surface area contributed by atoms with Crippen molar-refractivity contribution < 1.29 is 23.5 Å². The van der Waals surface area contributed by atoms with Crippen LogP contribution in [0.15, 0.2) is 42.7 Å². The van der Waals surface area contributed by atoms with Gasteiger partial charge in [0, 0.05) is 50.3 Å². The second-order valence-electron chi connectivity index (χ2n) is 9.94. The Balaban J connectivity index is 1.33. The van der Waals surface area contributed by atoms with E-state index in [1.165, 1.54) is 17.6 Å². The van der Waals surface area contributed by atoms with E-state index in [0.29, 0.717) is 55.4 Å². The van der Waals surface area contributed by atoms with E-state index in [1.54, 1.807) is 17.2 Å². The summed E-state index contributed by atoms with van der Waals surface area (Å²) in [5.74, 6) is 0.191. The first-order valence-electron chi connectivity index (χ1n) is 12.6. The molecule has 0 saturated carbocycles. The minimum Gasteiger partial charge on any atom is -0.444 e. The van der Waals surface area contributed by atoms with Gasteiger partial charge in [-0.15, -0.1) is 0 Å². The first-order chi connectivity index (χ1) is 18.1. The van der Waals surface area contributed by atoms with E-state index in [1.807, 2.05) is 45.0 Å². The summed E-state index contributed by atoms with van der Waals surface area (Å²) in [4.78, 5) is 33.6. The second kappa shape index (κ2) is 11.6. The predicted molar refractivity (Wildman–Crippen MR) is 142 cm³/mol. The molecule has 12 heteroatoms. The molecule has 3 heterocycles. The molecule has 1 aliphatic heterocycles. The number of hydrogen-bond donors (Lipinski definition) is 2. The Morgan fingerprint density at radius 1 is 1.11 bits per heavy atom. The van der Waals surface area contributed by atoms with Gasteiger partial charge in [0.15, 0.2) is 12.0 Å². The largest absolute Gasteiger partial charge is 0.444 e. The highest BCUT2D eigenvalue weighted by atomic mass is 19.1. The van der Waals surface area contributed by atoms with Gasteiger partial charge in [-0.1, -0.05) is 0 Å². The zero-order valence-electron chi connectivity index (χ0n) is 22.1. The number of nitrogens with zero attached hydrogens (tertiary/aromatic N) is 5. The summed E-state index contributed by atoms with van der Waals surface area (Å²) in [6.45, 7) is 9.99. The van der Waals surface area contributed by atoms with Crippen LogP contribution in [-0.4, -0.2) is 82.8 Å². The smallest absolute Gasteiger partial charge is 0.410 e. The van der Waals surface area contributed by atoms with Gasteiger partial charge in [-0.05, 0) is 58.0 Å². The number of aromatic nitrogens is 3. The summed E-state index contributed by atoms with van der Waals surface area (Å²) in [5, 5.41) is 10.1. The lowest BCUT2D eigenvalue weighted by Gasteiger charge is -2.36. The van der Waals surface area contributed by atoms with Gasteiger partial charge in [0.1, 0.15) is 17.0 Å². The molecule has 1 atom stereocenters. The summed E-state index contributed by atoms with van der Waals surface area (Å²) in [7, 11) is 0. The Bertz CT molecular complexity index is 1250. The fourth-order valence-electron chi connectivity index (χ4n) is 3.96. The van der Waals surface area contributed by atoms with Gasteiger partial charge in [-0.3, -0.25) is 4.79 Å². The van der Waals surface area contributed by atoms with E-state index in [-0.39, 0.29) is 18.6 Å². The number of carbonyl (C=O) groups is 2. The molecule has 4 rings (SSSR count). The first-order valence-corrected chi connectivity index (χ1v) is 12.6. The molecule has 1 unspecified atom stereocenters. The lowest BCUT2D eigenvalue weighted by Crippen LogP contribution is -2.50. The molecular formula is C26H34FN7O4. The Morgan fingerprint density at radius 2 is 1.82 bits per heavy atom. The van der Waals surface area contributed by atoms with Crippen LogP contribution in [0.5, 0.6) is 0 Å². The SMILES string of the molecule is CC(F)OCCNc1ccn2ncc(C(=O)Nc3ccc(N4CCN(C(=O)OC(C)(C)C)CC4)cc3)c2n1. The van der Waals surface area contributed by atoms with Gasteiger partial charge in [0.2, 0.25) is 0 Å². The Morgan fingerprint density at radius 3 is 2.47 bits per heavy atom. The van der Waals surface area contributed by atoms with Crippen molar-refractivity contribution in [3.63, 3.8) is 0 Å². The molecular weight excluding hydrogens is 493 g/mol. The van der Waals surface area contributed by atoms with Gasteiger partial charge >= 0.3 is 6.09 Å². The van der Waals surface area contributed by atoms with Crippen molar-refractivity contribution in [2.45, 2.75) is 39.7 Å². The number of hydrogen-bond acceptors (Lipinski definition) is 8. The zero-order chi connectivity index (χ0) is 27.3. The molecule has 1 saturated heterocycles. The van der Waals surface area contributed by atoms with E-state index in [4.69, 9.17) is 9.47 Å². The summed E-state index contributed by atoms with van der Waals surface area (Å²) in [6.07, 6.45) is 1.53. The van der Waals surface area contributed by atoms with Crippen molar-refractivity contribution in [2.75, 3.05) is 54.9 Å². The van der Waals surface area contributed by atoms with Crippen LogP contribution in [0.4, 0.5) is 26.4 Å². The minimum absolute atomic E-state index is 0.187. The fraction of sp³-hybridized carbons (Fsp3) is 0.462. The standard InChI is InChI=1S/C26H34FN7O4/c1-18(27)37-16-10-28-22-9-11-34-23(31-22)21(17-29-34)24(35)30-19-5-7-20(8-6-19)32-12-14-33(15-13-32)25(36)38-26(2,3)4/h5-9,11,17-18H,10,12-16H2,1-4H3,(H,28,31)(H,30,35). The van der Waals surface area contributed by atoms with Crippen LogP contribution in [0, 0.1) is 0 Å². The van der Waals surface area contributed by atoms with Crippen molar-refractivity contribution in [1.29, 1.82) is 0 Å². The molecule has 1 aromatic carbocycles. The molecule has 1 fully saturated rings. The average Bonchev–Trinajstić information content (AvgIpc) is 3.30. The third-order valence-corrected chi connectivity index (χ3v) is 5.79. The number of halogens is 1. The molecule has 0 aliphatic carbocycles. The van der Waals surface area contributed by atoms with E-state index >= 15 is 0 Å². The molecule has 38 heavy (non-hydrogen) atoms. The lowest BCUT2D eigenvalue weighted by atomic mass is 10.2. The summed E-state index contributed by atoms with van der Waals surface area (Å²) >= 11 is 0. The van der Waals surface area contributed by atoms with Crippen LogP contribution in [0.3, 0.4) is 0 Å². The van der Waals surface area contributed by atoms with Crippen LogP contribution in [0.25, 0.3) is 5.65 Å². The number of amides is 2. The number of ether oxygens (including phenoxy) is 2. The van der Waals surface area contributed by atoms with Crippen molar-refractivity contribution in [2.24, 2.45) is 0 Å². The molecule has 2 aromatic heterocycles. The third kappa shape index (κ3) is 7.09. The molecule has 0 bridgehead atoms. The highest BCUT2D eigenvalue weighted by Crippen LogP contribution is 2.21. The number of anilines is 3. The maximum absolute atomic E-state index is 13.0. The Kier molecular flexibility index (Phi) is 8.30. The number of rotatable bonds is 8. The van der Waals surface area contributed by atoms with Crippen LogP contribution in [-0.2, 0) is 9.47 Å². The van der Waals surface area contributed by atoms with Crippen molar-refractivity contribution in [3.8, 4) is 0 Å². The van der Waals surface area contributed by atoms with E-state index in [0.717, 1.165) is 5.69 Å². The predicted octanol–water partition coefficient (Wildman–Crippen LogP) is 3.78. The highest BCUT2D eigenvalue weighted by Gasteiger charge is 2.26. The normalized spacial score (nSPS) is 14.9. The van der Waals surface area contributed by atoms with Crippen LogP contribution in [0.1, 0.15) is 38.1 Å². The monoisotopic (exact) mass is 527 g/mol. The van der Waals surface area contributed by atoms with E-state index < -0.39 is 12.0 Å². The fourth-order valence-corrected chi connectivity index (χ4v) is 3.96. The number of alkyl halides is 1. The average molecular weight is 528 g/mol. The molecule has 11 nitrogen and oxygen atoms in total. The van der Waals surface area contributed by atoms with E-state index in [2.05, 4.69) is 25.6 Å². The van der Waals surface area contributed by atoms with Crippen LogP contribution >= 0.6 is 0 Å². The first kappa shape index (κ1) is 27.1. The summed E-state index contributed by atoms with van der Waals surface area (Å²) in [6, 6.07) is 9.27. The number of benzene rings is 1. The molecule has 0 spiro atoms. The summed E-state index contributed by atoms with van der Waals surface area (Å²) < 4.78 is 24.6. The number of carbonyl (C=O) groups excluding carboxylic acids is 2. The van der Waals surface area contributed by atoms with Crippen molar-refractivity contribution in [3.05, 3.63) is 48.3 Å². The topological polar surface area (TPSA) is 113 Å². The number of piperazine rings is 1. The molecule has 2 N–H and O–H groups in total. The quantitative estimate of drug-likeness (QED) is 0.426. The van der Waals surface area contributed by atoms with Crippen molar-refractivity contribution >= 4 is 34.8 Å². The van der Waals surface area contributed by atoms with Gasteiger partial charge in [0.25, 0.3) is 5.91 Å². The number of nitrogens with one attached hydrogen (secondary N) is 2. The second-order valence-corrected chi connectivity index (χ2v) is 9.94. The van der Waals surface area contributed by atoms with Crippen molar-refractivity contribution in [1.82, 2.24) is 19.5 Å². The lowest BCUT2D eigenvalue weighted by molar-refractivity contribution is -0.0191. The van der Waals surface area contributed by atoms with Gasteiger partial charge in [0.05, 0.1) is 12.8 Å². The highest BCUT2D eigenvalue weighted by molar-refractivity contribution is 6.08. The van der Waals surface area contributed by atoms with Gasteiger partial charge < -0.3 is 29.9 Å². The van der Waals surface area contributed by atoms with Crippen LogP contribution in [0.2, 0.25) is 0 Å². The Labute approximate surface area is 220 Å². The molecule has 0 radical (unpaired) electrons. The molecule has 204 valence electrons. The Hall–Kier alpha value is -3.93. The van der Waals surface area contributed by atoms with Gasteiger partial charge in [-0.25, -0.2) is 18.7 Å². The molecule has 3 aromatic rings.